The van der Waals surface area contributed by atoms with Gasteiger partial charge in [-0.2, -0.15) is 13.4 Å². The van der Waals surface area contributed by atoms with Crippen LogP contribution in [0.15, 0.2) is 16.1 Å². The van der Waals surface area contributed by atoms with Crippen molar-refractivity contribution in [3.05, 3.63) is 16.7 Å². The van der Waals surface area contributed by atoms with Crippen LogP contribution in [0.1, 0.15) is 20.1 Å². The van der Waals surface area contributed by atoms with E-state index in [1.807, 2.05) is 0 Å². The van der Waals surface area contributed by atoms with Gasteiger partial charge in [-0.1, -0.05) is 0 Å². The van der Waals surface area contributed by atoms with Gasteiger partial charge in [0.25, 0.3) is 15.7 Å². The lowest BCUT2D eigenvalue weighted by molar-refractivity contribution is -0.198. The summed E-state index contributed by atoms with van der Waals surface area (Å²) in [6.45, 7) is 3.18. The van der Waals surface area contributed by atoms with Crippen LogP contribution in [0.2, 0.25) is 0 Å². The smallest absolute Gasteiger partial charge is 0.285 e. The molecule has 2 aromatic heterocycles. The van der Waals surface area contributed by atoms with Gasteiger partial charge in [0.2, 0.25) is 5.95 Å². The molecule has 0 unspecified atom stereocenters. The number of imidazole rings is 1. The Bertz CT molecular complexity index is 1250. The second kappa shape index (κ2) is 8.98. The van der Waals surface area contributed by atoms with Crippen LogP contribution in [0.4, 0.5) is 5.95 Å². The SMILES string of the molecule is COCn1c(/N=C/N(C)C)nc2c(ncn2[C@@H]2O[C@H](COS(C)(=O)=O)[C@H]3OC(C)(C)O[C@H]32)c1=O. The van der Waals surface area contributed by atoms with E-state index in [9.17, 15) is 13.2 Å². The Balaban J connectivity index is 1.77. The van der Waals surface area contributed by atoms with E-state index >= 15 is 0 Å². The Kier molecular flexibility index (Phi) is 6.52. The molecule has 34 heavy (non-hydrogen) atoms. The summed E-state index contributed by atoms with van der Waals surface area (Å²) in [7, 11) is 1.34. The Morgan fingerprint density at radius 2 is 2.00 bits per heavy atom. The molecule has 4 atom stereocenters. The normalized spacial score (nSPS) is 26.5. The topological polar surface area (TPSA) is 149 Å². The van der Waals surface area contributed by atoms with Gasteiger partial charge in [-0.25, -0.2) is 9.98 Å². The second-order valence-corrected chi connectivity index (χ2v) is 10.4. The molecule has 2 fully saturated rings. The van der Waals surface area contributed by atoms with E-state index in [2.05, 4.69) is 15.0 Å². The molecule has 0 saturated carbocycles. The molecule has 188 valence electrons. The van der Waals surface area contributed by atoms with Crippen LogP contribution in [0.5, 0.6) is 0 Å². The molecule has 0 aromatic carbocycles. The minimum absolute atomic E-state index is 0.0601. The first-order valence-electron chi connectivity index (χ1n) is 10.4. The van der Waals surface area contributed by atoms with E-state index in [0.29, 0.717) is 0 Å². The van der Waals surface area contributed by atoms with Gasteiger partial charge in [0.15, 0.2) is 23.2 Å². The molecule has 0 radical (unpaired) electrons. The predicted molar refractivity (Wildman–Crippen MR) is 119 cm³/mol. The summed E-state index contributed by atoms with van der Waals surface area (Å²) < 4.78 is 54.1. The number of nitrogens with zero attached hydrogens (tertiary/aromatic N) is 6. The number of hydrogen-bond acceptors (Lipinski definition) is 11. The maximum Gasteiger partial charge on any atom is 0.285 e. The van der Waals surface area contributed by atoms with E-state index in [1.54, 1.807) is 37.4 Å². The molecule has 0 aliphatic carbocycles. The van der Waals surface area contributed by atoms with Gasteiger partial charge in [-0.15, -0.1) is 0 Å². The van der Waals surface area contributed by atoms with Crippen LogP contribution in [0, 0.1) is 0 Å². The summed E-state index contributed by atoms with van der Waals surface area (Å²) in [5.74, 6) is -0.818. The zero-order chi connectivity index (χ0) is 24.8. The van der Waals surface area contributed by atoms with Crippen molar-refractivity contribution in [2.75, 3.05) is 34.1 Å². The van der Waals surface area contributed by atoms with Gasteiger partial charge in [0.1, 0.15) is 25.0 Å². The highest BCUT2D eigenvalue weighted by molar-refractivity contribution is 7.85. The summed E-state index contributed by atoms with van der Waals surface area (Å²) in [5, 5.41) is 0. The average Bonchev–Trinajstić information content (AvgIpc) is 3.37. The van der Waals surface area contributed by atoms with Gasteiger partial charge in [0, 0.05) is 21.2 Å². The number of ether oxygens (including phenoxy) is 4. The minimum Gasteiger partial charge on any atom is -0.369 e. The Morgan fingerprint density at radius 3 is 2.65 bits per heavy atom. The van der Waals surface area contributed by atoms with Crippen LogP contribution >= 0.6 is 0 Å². The summed E-state index contributed by atoms with van der Waals surface area (Å²) in [6.07, 6.45) is 1.10. The van der Waals surface area contributed by atoms with Crippen molar-refractivity contribution in [3.8, 4) is 0 Å². The maximum absolute atomic E-state index is 13.1. The summed E-state index contributed by atoms with van der Waals surface area (Å²) >= 11 is 0. The molecule has 4 rings (SSSR count). The molecule has 4 heterocycles. The van der Waals surface area contributed by atoms with E-state index in [-0.39, 0.29) is 30.4 Å². The fraction of sp³-hybridized carbons (Fsp3) is 0.684. The highest BCUT2D eigenvalue weighted by Crippen LogP contribution is 2.43. The predicted octanol–water partition coefficient (Wildman–Crippen LogP) is -0.188. The number of aromatic nitrogens is 4. The maximum atomic E-state index is 13.1. The Morgan fingerprint density at radius 1 is 1.29 bits per heavy atom. The molecule has 15 heteroatoms. The zero-order valence-corrected chi connectivity index (χ0v) is 20.6. The van der Waals surface area contributed by atoms with Gasteiger partial charge >= 0.3 is 0 Å². The highest BCUT2D eigenvalue weighted by Gasteiger charge is 2.56. The number of hydrogen-bond donors (Lipinski definition) is 0. The first-order valence-corrected chi connectivity index (χ1v) is 12.2. The molecule has 2 aromatic rings. The molecule has 0 bridgehead atoms. The van der Waals surface area contributed by atoms with Gasteiger partial charge in [-0.3, -0.25) is 18.1 Å². The summed E-state index contributed by atoms with van der Waals surface area (Å²) in [4.78, 5) is 27.9. The Hall–Kier alpha value is -2.43. The minimum atomic E-state index is -3.69. The van der Waals surface area contributed by atoms with E-state index in [4.69, 9.17) is 23.1 Å². The van der Waals surface area contributed by atoms with Crippen LogP contribution in [0.25, 0.3) is 11.2 Å². The van der Waals surface area contributed by atoms with E-state index in [1.165, 1.54) is 24.3 Å². The molecule has 2 saturated heterocycles. The zero-order valence-electron chi connectivity index (χ0n) is 19.7. The third kappa shape index (κ3) is 4.85. The van der Waals surface area contributed by atoms with Crippen molar-refractivity contribution in [3.63, 3.8) is 0 Å². The van der Waals surface area contributed by atoms with Crippen molar-refractivity contribution < 1.29 is 31.5 Å². The van der Waals surface area contributed by atoms with Crippen molar-refractivity contribution in [2.45, 2.75) is 50.9 Å². The standard InChI is InChI=1S/C19H28N6O8S/c1-19(2)32-13-11(7-30-34(6,27)28)31-17(14(13)33-19)24-9-20-12-15(24)22-18(21-8-23(3)4)25(10-29-5)16(12)26/h8-9,11,13-14,17H,7,10H2,1-6H3/b21-8+/t11-,13-,14-,17-/m1/s1. The van der Waals surface area contributed by atoms with Crippen LogP contribution < -0.4 is 5.56 Å². The first kappa shape index (κ1) is 24.7. The second-order valence-electron chi connectivity index (χ2n) is 8.71. The number of aliphatic imine (C=N–C) groups is 1. The van der Waals surface area contributed by atoms with E-state index < -0.39 is 46.0 Å². The molecular formula is C19H28N6O8S. The molecule has 2 aliphatic heterocycles. The van der Waals surface area contributed by atoms with Crippen LogP contribution in [-0.4, -0.2) is 96.9 Å². The van der Waals surface area contributed by atoms with Crippen LogP contribution in [0.3, 0.4) is 0 Å². The quantitative estimate of drug-likeness (QED) is 0.270. The van der Waals surface area contributed by atoms with Crippen molar-refractivity contribution >= 4 is 33.6 Å². The summed E-state index contributed by atoms with van der Waals surface area (Å²) in [6, 6.07) is 0. The monoisotopic (exact) mass is 500 g/mol. The molecule has 0 N–H and O–H groups in total. The fourth-order valence-corrected chi connectivity index (χ4v) is 4.28. The Labute approximate surface area is 196 Å². The lowest BCUT2D eigenvalue weighted by Gasteiger charge is -2.24. The summed E-state index contributed by atoms with van der Waals surface area (Å²) in [5.41, 5.74) is -0.119. The lowest BCUT2D eigenvalue weighted by atomic mass is 10.1. The molecule has 14 nitrogen and oxygen atoms in total. The average molecular weight is 501 g/mol. The third-order valence-corrected chi connectivity index (χ3v) is 5.74. The van der Waals surface area contributed by atoms with Crippen molar-refractivity contribution in [1.82, 2.24) is 24.0 Å². The number of methoxy groups -OCH3 is 1. The number of fused-ring (bicyclic) bond motifs is 2. The van der Waals surface area contributed by atoms with Gasteiger partial charge < -0.3 is 23.8 Å². The van der Waals surface area contributed by atoms with Gasteiger partial charge in [0.05, 0.1) is 25.5 Å². The molecule has 2 aliphatic rings. The fourth-order valence-electron chi connectivity index (χ4n) is 3.90. The number of rotatable bonds is 8. The van der Waals surface area contributed by atoms with Crippen LogP contribution in [-0.2, 0) is 40.0 Å². The lowest BCUT2D eigenvalue weighted by Crippen LogP contribution is -2.33. The third-order valence-electron chi connectivity index (χ3n) is 5.17. The first-order chi connectivity index (χ1) is 15.9. The molecule has 0 amide bonds. The highest BCUT2D eigenvalue weighted by atomic mass is 32.2. The van der Waals surface area contributed by atoms with E-state index in [0.717, 1.165) is 6.26 Å². The van der Waals surface area contributed by atoms with Gasteiger partial charge in [-0.05, 0) is 13.8 Å². The van der Waals surface area contributed by atoms with Crippen molar-refractivity contribution in [1.29, 1.82) is 0 Å². The largest absolute Gasteiger partial charge is 0.369 e. The molecule has 0 spiro atoms. The van der Waals surface area contributed by atoms with Crippen molar-refractivity contribution in [2.24, 2.45) is 4.99 Å². The molecular weight excluding hydrogens is 472 g/mol.